The van der Waals surface area contributed by atoms with Gasteiger partial charge in [0.2, 0.25) is 5.91 Å². The first-order valence-electron chi connectivity index (χ1n) is 8.94. The first-order valence-corrected chi connectivity index (χ1v) is 8.94. The van der Waals surface area contributed by atoms with Crippen molar-refractivity contribution in [3.8, 4) is 0 Å². The topological polar surface area (TPSA) is 50.8 Å². The van der Waals surface area contributed by atoms with Crippen molar-refractivity contribution in [2.75, 3.05) is 32.8 Å². The van der Waals surface area contributed by atoms with E-state index in [-0.39, 0.29) is 24.2 Å². The molecule has 0 spiro atoms. The molecule has 132 valence electrons. The lowest BCUT2D eigenvalue weighted by atomic mass is 10.0. The Balaban J connectivity index is 1.55. The van der Waals surface area contributed by atoms with Crippen molar-refractivity contribution < 1.29 is 14.3 Å². The zero-order chi connectivity index (χ0) is 16.9. The highest BCUT2D eigenvalue weighted by Crippen LogP contribution is 2.27. The number of aryl methyl sites for hydroxylation is 1. The number of ether oxygens (including phenoxy) is 2. The molecule has 0 radical (unpaired) electrons. The summed E-state index contributed by atoms with van der Waals surface area (Å²) in [6.07, 6.45) is 2.44. The third-order valence-electron chi connectivity index (χ3n) is 4.96. The van der Waals surface area contributed by atoms with Gasteiger partial charge >= 0.3 is 0 Å². The van der Waals surface area contributed by atoms with Crippen molar-refractivity contribution in [1.29, 1.82) is 0 Å². The van der Waals surface area contributed by atoms with Gasteiger partial charge in [-0.05, 0) is 37.8 Å². The second-order valence-corrected chi connectivity index (χ2v) is 6.84. The molecule has 5 heteroatoms. The van der Waals surface area contributed by atoms with Gasteiger partial charge in [0.05, 0.1) is 31.8 Å². The molecule has 2 aliphatic heterocycles. The van der Waals surface area contributed by atoms with E-state index in [0.29, 0.717) is 19.7 Å². The molecule has 2 aliphatic rings. The predicted octanol–water partition coefficient (Wildman–Crippen LogP) is 2.05. The summed E-state index contributed by atoms with van der Waals surface area (Å²) in [5.41, 5.74) is 2.38. The minimum absolute atomic E-state index is 0.0375. The van der Waals surface area contributed by atoms with E-state index in [0.717, 1.165) is 26.0 Å². The van der Waals surface area contributed by atoms with Gasteiger partial charge < -0.3 is 19.7 Å². The largest absolute Gasteiger partial charge is 0.377 e. The molecule has 2 heterocycles. The van der Waals surface area contributed by atoms with Gasteiger partial charge in [-0.15, -0.1) is 0 Å². The summed E-state index contributed by atoms with van der Waals surface area (Å²) in [4.78, 5) is 14.6. The number of hydrogen-bond acceptors (Lipinski definition) is 4. The number of nitrogens with zero attached hydrogens (tertiary/aromatic N) is 1. The Morgan fingerprint density at radius 1 is 1.33 bits per heavy atom. The molecule has 0 saturated carbocycles. The highest BCUT2D eigenvalue weighted by atomic mass is 16.5. The van der Waals surface area contributed by atoms with Crippen molar-refractivity contribution in [1.82, 2.24) is 10.2 Å². The maximum absolute atomic E-state index is 12.6. The summed E-state index contributed by atoms with van der Waals surface area (Å²) in [5.74, 6) is 0.141. The zero-order valence-electron chi connectivity index (χ0n) is 14.7. The molecule has 24 heavy (non-hydrogen) atoms. The highest BCUT2D eigenvalue weighted by molar-refractivity contribution is 5.78. The number of hydrogen-bond donors (Lipinski definition) is 1. The SMILES string of the molecule is Cc1ccccc1[C@@H]1CN(C(=O)CNC[C@H]2CCCO2)[C@H](C)CO1. The molecule has 3 rings (SSSR count). The van der Waals surface area contributed by atoms with Gasteiger partial charge in [-0.3, -0.25) is 4.79 Å². The Bertz CT molecular complexity index is 557. The van der Waals surface area contributed by atoms with Gasteiger partial charge in [0.1, 0.15) is 6.10 Å². The van der Waals surface area contributed by atoms with Gasteiger partial charge in [-0.25, -0.2) is 0 Å². The van der Waals surface area contributed by atoms with E-state index < -0.39 is 0 Å². The van der Waals surface area contributed by atoms with Crippen LogP contribution in [0, 0.1) is 6.92 Å². The van der Waals surface area contributed by atoms with Crippen LogP contribution < -0.4 is 5.32 Å². The van der Waals surface area contributed by atoms with Crippen molar-refractivity contribution in [2.24, 2.45) is 0 Å². The number of rotatable bonds is 5. The first-order chi connectivity index (χ1) is 11.6. The average Bonchev–Trinajstić information content (AvgIpc) is 3.09. The van der Waals surface area contributed by atoms with Crippen molar-refractivity contribution in [3.05, 3.63) is 35.4 Å². The van der Waals surface area contributed by atoms with Crippen LogP contribution in [0.3, 0.4) is 0 Å². The summed E-state index contributed by atoms with van der Waals surface area (Å²) in [5, 5.41) is 3.25. The second kappa shape index (κ2) is 8.10. The molecular formula is C19H28N2O3. The molecule has 1 N–H and O–H groups in total. The highest BCUT2D eigenvalue weighted by Gasteiger charge is 2.30. The second-order valence-electron chi connectivity index (χ2n) is 6.84. The van der Waals surface area contributed by atoms with Gasteiger partial charge in [-0.1, -0.05) is 24.3 Å². The van der Waals surface area contributed by atoms with Gasteiger partial charge in [-0.2, -0.15) is 0 Å². The quantitative estimate of drug-likeness (QED) is 0.897. The summed E-state index contributed by atoms with van der Waals surface area (Å²) in [7, 11) is 0. The monoisotopic (exact) mass is 332 g/mol. The maximum Gasteiger partial charge on any atom is 0.236 e. The van der Waals surface area contributed by atoms with Gasteiger partial charge in [0.15, 0.2) is 0 Å². The van der Waals surface area contributed by atoms with Crippen molar-refractivity contribution in [3.63, 3.8) is 0 Å². The predicted molar refractivity (Wildman–Crippen MR) is 92.9 cm³/mol. The molecule has 2 fully saturated rings. The summed E-state index contributed by atoms with van der Waals surface area (Å²) in [6.45, 7) is 7.30. The van der Waals surface area contributed by atoms with Crippen LogP contribution in [0.2, 0.25) is 0 Å². The molecule has 0 aromatic heterocycles. The van der Waals surface area contributed by atoms with Crippen LogP contribution in [0.5, 0.6) is 0 Å². The molecule has 0 unspecified atom stereocenters. The molecule has 3 atom stereocenters. The van der Waals surface area contributed by atoms with Crippen LogP contribution >= 0.6 is 0 Å². The van der Waals surface area contributed by atoms with Crippen LogP contribution in [0.4, 0.5) is 0 Å². The Kier molecular flexibility index (Phi) is 5.87. The van der Waals surface area contributed by atoms with E-state index in [4.69, 9.17) is 9.47 Å². The van der Waals surface area contributed by atoms with Crippen molar-refractivity contribution in [2.45, 2.75) is 44.9 Å². The fraction of sp³-hybridized carbons (Fsp3) is 0.632. The number of morpholine rings is 1. The Labute approximate surface area is 144 Å². The number of benzene rings is 1. The average molecular weight is 332 g/mol. The van der Waals surface area contributed by atoms with Crippen LogP contribution in [0.1, 0.15) is 37.0 Å². The van der Waals surface area contributed by atoms with Crippen LogP contribution in [0.25, 0.3) is 0 Å². The smallest absolute Gasteiger partial charge is 0.236 e. The molecule has 2 saturated heterocycles. The number of carbonyl (C=O) groups is 1. The first kappa shape index (κ1) is 17.4. The van der Waals surface area contributed by atoms with Gasteiger partial charge in [0, 0.05) is 13.2 Å². The van der Waals surface area contributed by atoms with Crippen molar-refractivity contribution >= 4 is 5.91 Å². The summed E-state index contributed by atoms with van der Waals surface area (Å²) >= 11 is 0. The molecule has 1 aromatic rings. The Hall–Kier alpha value is -1.43. The van der Waals surface area contributed by atoms with Crippen LogP contribution in [-0.4, -0.2) is 55.8 Å². The zero-order valence-corrected chi connectivity index (χ0v) is 14.7. The molecule has 1 aromatic carbocycles. The molecule has 0 bridgehead atoms. The van der Waals surface area contributed by atoms with E-state index in [9.17, 15) is 4.79 Å². The van der Waals surface area contributed by atoms with E-state index in [1.54, 1.807) is 0 Å². The molecular weight excluding hydrogens is 304 g/mol. The van der Waals surface area contributed by atoms with Crippen LogP contribution in [0.15, 0.2) is 24.3 Å². The maximum atomic E-state index is 12.6. The molecule has 0 aliphatic carbocycles. The van der Waals surface area contributed by atoms with E-state index in [1.165, 1.54) is 11.1 Å². The fourth-order valence-corrected chi connectivity index (χ4v) is 3.49. The molecule has 1 amide bonds. The lowest BCUT2D eigenvalue weighted by Crippen LogP contribution is -2.51. The lowest BCUT2D eigenvalue weighted by molar-refractivity contribution is -0.143. The summed E-state index contributed by atoms with van der Waals surface area (Å²) in [6, 6.07) is 8.35. The number of carbonyl (C=O) groups excluding carboxylic acids is 1. The Morgan fingerprint density at radius 3 is 2.92 bits per heavy atom. The number of nitrogens with one attached hydrogen (secondary N) is 1. The lowest BCUT2D eigenvalue weighted by Gasteiger charge is -2.38. The molecule has 5 nitrogen and oxygen atoms in total. The third kappa shape index (κ3) is 4.15. The summed E-state index contributed by atoms with van der Waals surface area (Å²) < 4.78 is 11.6. The minimum atomic E-state index is -0.0375. The van der Waals surface area contributed by atoms with Gasteiger partial charge in [0.25, 0.3) is 0 Å². The fourth-order valence-electron chi connectivity index (χ4n) is 3.49. The van der Waals surface area contributed by atoms with E-state index in [1.807, 2.05) is 24.0 Å². The normalized spacial score (nSPS) is 27.4. The third-order valence-corrected chi connectivity index (χ3v) is 4.96. The van der Waals surface area contributed by atoms with E-state index in [2.05, 4.69) is 24.4 Å². The number of amides is 1. The standard InChI is InChI=1S/C19H28N2O3/c1-14-6-3-4-8-17(14)18-12-21(15(2)13-24-18)19(22)11-20-10-16-7-5-9-23-16/h3-4,6,8,15-16,18,20H,5,7,9-13H2,1-2H3/t15-,16-,18+/m1/s1. The Morgan fingerprint density at radius 2 is 2.17 bits per heavy atom. The van der Waals surface area contributed by atoms with E-state index >= 15 is 0 Å². The minimum Gasteiger partial charge on any atom is -0.377 e. The van der Waals surface area contributed by atoms with Crippen LogP contribution in [-0.2, 0) is 14.3 Å².